The largest absolute Gasteiger partial charge is 0.494 e. The summed E-state index contributed by atoms with van der Waals surface area (Å²) in [6.07, 6.45) is 2.25. The second kappa shape index (κ2) is 10.1. The summed E-state index contributed by atoms with van der Waals surface area (Å²) >= 11 is 5.65. The number of carbonyl (C=O) groups excluding carboxylic acids is 1. The average Bonchev–Trinajstić information content (AvgIpc) is 3.14. The molecule has 4 rings (SSSR count). The Morgan fingerprint density at radius 3 is 2.64 bits per heavy atom. The number of amides is 1. The van der Waals surface area contributed by atoms with Crippen molar-refractivity contribution in [3.63, 3.8) is 0 Å². The second-order valence-corrected chi connectivity index (χ2v) is 9.70. The van der Waals surface area contributed by atoms with E-state index < -0.39 is 27.6 Å². The number of nitrogens with one attached hydrogen (secondary N) is 1. The van der Waals surface area contributed by atoms with Gasteiger partial charge in [-0.2, -0.15) is 0 Å². The summed E-state index contributed by atoms with van der Waals surface area (Å²) in [7, 11) is -3.99. The monoisotopic (exact) mass is 535 g/mol. The number of pyridine rings is 1. The van der Waals surface area contributed by atoms with Crippen molar-refractivity contribution in [1.82, 2.24) is 14.3 Å². The zero-order chi connectivity index (χ0) is 26.0. The topological polar surface area (TPSA) is 99.5 Å². The van der Waals surface area contributed by atoms with E-state index in [1.54, 1.807) is 37.3 Å². The van der Waals surface area contributed by atoms with Gasteiger partial charge >= 0.3 is 0 Å². The van der Waals surface area contributed by atoms with E-state index >= 15 is 0 Å². The minimum absolute atomic E-state index is 0.0506. The van der Waals surface area contributed by atoms with Crippen LogP contribution in [0, 0.1) is 11.6 Å². The molecule has 4 aromatic rings. The number of aromatic nitrogens is 2. The summed E-state index contributed by atoms with van der Waals surface area (Å²) in [6.45, 7) is 1.87. The van der Waals surface area contributed by atoms with E-state index in [9.17, 15) is 22.0 Å². The Bertz CT molecular complexity index is 1570. The number of ether oxygens (including phenoxy) is 1. The van der Waals surface area contributed by atoms with E-state index in [4.69, 9.17) is 20.9 Å². The molecule has 0 aliphatic carbocycles. The van der Waals surface area contributed by atoms with E-state index in [1.807, 2.05) is 4.72 Å². The van der Waals surface area contributed by atoms with Gasteiger partial charge in [0.1, 0.15) is 34.9 Å². The number of hydrogen-bond donors (Lipinski definition) is 1. The molecule has 0 saturated carbocycles. The van der Waals surface area contributed by atoms with E-state index in [0.717, 1.165) is 24.5 Å². The Hall–Kier alpha value is -3.70. The lowest BCUT2D eigenvalue weighted by molar-refractivity contribution is 0.0974. The maximum Gasteiger partial charge on any atom is 0.282 e. The molecule has 1 amide bonds. The smallest absolute Gasteiger partial charge is 0.282 e. The fourth-order valence-corrected chi connectivity index (χ4v) is 4.51. The molecule has 0 atom stereocenters. The first-order valence-corrected chi connectivity index (χ1v) is 12.8. The lowest BCUT2D eigenvalue weighted by Gasteiger charge is -2.13. The minimum atomic E-state index is -3.99. The zero-order valence-electron chi connectivity index (χ0n) is 19.1. The van der Waals surface area contributed by atoms with Gasteiger partial charge in [-0.05, 0) is 55.5 Å². The number of rotatable bonds is 8. The van der Waals surface area contributed by atoms with Gasteiger partial charge in [-0.15, -0.1) is 0 Å². The summed E-state index contributed by atoms with van der Waals surface area (Å²) in [5, 5.41) is 0.444. The van der Waals surface area contributed by atoms with Crippen LogP contribution in [-0.2, 0) is 16.6 Å². The summed E-state index contributed by atoms with van der Waals surface area (Å²) in [5.41, 5.74) is 0.688. The van der Waals surface area contributed by atoms with Gasteiger partial charge in [-0.3, -0.25) is 4.79 Å². The van der Waals surface area contributed by atoms with Crippen molar-refractivity contribution >= 4 is 38.7 Å². The molecule has 36 heavy (non-hydrogen) atoms. The van der Waals surface area contributed by atoms with Gasteiger partial charge in [0.2, 0.25) is 15.9 Å². The summed E-state index contributed by atoms with van der Waals surface area (Å²) in [5.74, 6) is -1.96. The van der Waals surface area contributed by atoms with E-state index in [0.29, 0.717) is 23.3 Å². The molecular formula is C24H20ClF2N3O5S. The number of benzene rings is 2. The first-order chi connectivity index (χ1) is 17.1. The number of fused-ring (bicyclic) bond motifs is 1. The summed E-state index contributed by atoms with van der Waals surface area (Å²) < 4.78 is 66.4. The normalized spacial score (nSPS) is 11.5. The van der Waals surface area contributed by atoms with Gasteiger partial charge in [-0.25, -0.2) is 26.9 Å². The first-order valence-electron chi connectivity index (χ1n) is 10.6. The van der Waals surface area contributed by atoms with Crippen LogP contribution in [0.2, 0.25) is 0 Å². The molecule has 0 radical (unpaired) electrons. The Morgan fingerprint density at radius 1 is 1.17 bits per heavy atom. The lowest BCUT2D eigenvalue weighted by Crippen LogP contribution is -2.31. The number of nitrogens with zero attached hydrogens (tertiary/aromatic N) is 2. The fraction of sp³-hybridized carbons (Fsp3) is 0.167. The molecule has 2 heterocycles. The third-order valence-corrected chi connectivity index (χ3v) is 5.99. The van der Waals surface area contributed by atoms with Crippen molar-refractivity contribution in [2.45, 2.75) is 13.5 Å². The van der Waals surface area contributed by atoms with Gasteiger partial charge in [0.05, 0.1) is 19.4 Å². The van der Waals surface area contributed by atoms with Crippen molar-refractivity contribution < 1.29 is 31.0 Å². The highest BCUT2D eigenvalue weighted by Gasteiger charge is 2.28. The van der Waals surface area contributed by atoms with Crippen LogP contribution in [0.5, 0.6) is 11.6 Å². The highest BCUT2D eigenvalue weighted by molar-refractivity contribution is 7.89. The lowest BCUT2D eigenvalue weighted by atomic mass is 10.0. The summed E-state index contributed by atoms with van der Waals surface area (Å²) in [4.78, 5) is 17.5. The minimum Gasteiger partial charge on any atom is -0.494 e. The molecule has 1 N–H and O–H groups in total. The van der Waals surface area contributed by atoms with Crippen LogP contribution in [0.1, 0.15) is 23.0 Å². The highest BCUT2D eigenvalue weighted by Crippen LogP contribution is 2.41. The van der Waals surface area contributed by atoms with Crippen molar-refractivity contribution in [3.8, 4) is 22.8 Å². The molecular weight excluding hydrogens is 516 g/mol. The molecule has 8 nitrogen and oxygen atoms in total. The van der Waals surface area contributed by atoms with Gasteiger partial charge in [0.15, 0.2) is 0 Å². The van der Waals surface area contributed by atoms with Crippen LogP contribution in [0.4, 0.5) is 8.78 Å². The molecule has 0 aliphatic rings. The molecule has 0 unspecified atom stereocenters. The third-order valence-electron chi connectivity index (χ3n) is 5.29. The zero-order valence-corrected chi connectivity index (χ0v) is 20.7. The van der Waals surface area contributed by atoms with Crippen LogP contribution >= 0.6 is 11.9 Å². The second-order valence-electron chi connectivity index (χ2n) is 7.79. The molecule has 0 fully saturated rings. The van der Waals surface area contributed by atoms with E-state index in [2.05, 4.69) is 4.98 Å². The predicted molar refractivity (Wildman–Crippen MR) is 131 cm³/mol. The Morgan fingerprint density at radius 2 is 1.94 bits per heavy atom. The molecule has 2 aromatic heterocycles. The third kappa shape index (κ3) is 5.12. The number of hydrogen-bond acceptors (Lipinski definition) is 6. The molecule has 0 spiro atoms. The number of carbonyl (C=O) groups is 1. The standard InChI is InChI=1S/C24H20ClF2N3O5S/c1-3-34-16-7-9-20-18(12-16)21(17-5-4-10-28-24(17)35-25)22(23(31)29-36(2,32)33)30(20)13-14-11-15(26)6-8-19(14)27/h4-12H,3,13H2,1-2H3,(H,29,31). The van der Waals surface area contributed by atoms with Crippen LogP contribution in [0.3, 0.4) is 0 Å². The van der Waals surface area contributed by atoms with Crippen LogP contribution in [0.15, 0.2) is 54.7 Å². The highest BCUT2D eigenvalue weighted by atomic mass is 35.5. The quantitative estimate of drug-likeness (QED) is 0.352. The molecule has 188 valence electrons. The Labute approximate surface area is 210 Å². The number of halogens is 3. The van der Waals surface area contributed by atoms with Crippen molar-refractivity contribution in [1.29, 1.82) is 0 Å². The van der Waals surface area contributed by atoms with Crippen LogP contribution in [0.25, 0.3) is 22.0 Å². The Balaban J connectivity index is 2.11. The maximum absolute atomic E-state index is 14.6. The molecule has 12 heteroatoms. The van der Waals surface area contributed by atoms with Crippen LogP contribution < -0.4 is 13.7 Å². The van der Waals surface area contributed by atoms with Crippen LogP contribution in [-0.4, -0.2) is 36.7 Å². The van der Waals surface area contributed by atoms with E-state index in [-0.39, 0.29) is 34.8 Å². The van der Waals surface area contributed by atoms with E-state index in [1.165, 1.54) is 10.8 Å². The fourth-order valence-electron chi connectivity index (χ4n) is 3.96. The van der Waals surface area contributed by atoms with Gasteiger partial charge in [-0.1, -0.05) is 0 Å². The predicted octanol–water partition coefficient (Wildman–Crippen LogP) is 4.65. The molecule has 2 aromatic carbocycles. The van der Waals surface area contributed by atoms with Crippen molar-refractivity contribution in [2.75, 3.05) is 12.9 Å². The van der Waals surface area contributed by atoms with Crippen molar-refractivity contribution in [2.24, 2.45) is 0 Å². The summed E-state index contributed by atoms with van der Waals surface area (Å²) in [6, 6.07) is 11.0. The average molecular weight is 536 g/mol. The number of sulfonamides is 1. The molecule has 0 aliphatic heterocycles. The maximum atomic E-state index is 14.6. The van der Waals surface area contributed by atoms with Crippen molar-refractivity contribution in [3.05, 3.63) is 77.6 Å². The SMILES string of the molecule is CCOc1ccc2c(c1)c(-c1cccnc1OCl)c(C(=O)NS(C)(=O)=O)n2Cc1cc(F)ccc1F. The Kier molecular flexibility index (Phi) is 7.14. The van der Waals surface area contributed by atoms with Gasteiger partial charge in [0, 0.05) is 33.8 Å². The van der Waals surface area contributed by atoms with Gasteiger partial charge < -0.3 is 13.6 Å². The first kappa shape index (κ1) is 25.4. The van der Waals surface area contributed by atoms with Gasteiger partial charge in [0.25, 0.3) is 5.91 Å². The molecule has 0 saturated heterocycles. The molecule has 0 bridgehead atoms.